The largest absolute Gasteiger partial charge is 0.461 e. The number of ether oxygens (including phenoxy) is 2. The lowest BCUT2D eigenvalue weighted by molar-refractivity contribution is -0.197. The molecule has 5 aliphatic rings. The Morgan fingerprint density at radius 3 is 2.50 bits per heavy atom. The number of pyridine rings is 1. The maximum Gasteiger partial charge on any atom is 0.319 e. The van der Waals surface area contributed by atoms with Crippen molar-refractivity contribution in [3.8, 4) is 17.3 Å². The van der Waals surface area contributed by atoms with Crippen molar-refractivity contribution in [1.29, 1.82) is 0 Å². The standard InChI is InChI=1S/C38H40ClFN6O4/c1-21(2)28-33(50-36(28)48)35(47)46-23-11-12-24(46)19-44(18-23)34-26-17-41-31(25-9-3-7-22-8-4-10-27(39)29(22)25)30(40)32(26)42-37(43-34)49-20-38-13-5-15-45(38)16-6-14-38/h3-4,7-10,17,21,23-24,28,33H,5-6,11-16,18-20H2,1-2H3/t23-,24+,28-,33+/m0/s1. The topological polar surface area (TPSA) is 101 Å². The number of amides is 1. The third-order valence-electron chi connectivity index (χ3n) is 11.9. The second-order valence-electron chi connectivity index (χ2n) is 15.0. The van der Waals surface area contributed by atoms with E-state index in [0.717, 1.165) is 62.4 Å². The number of esters is 1. The molecule has 7 heterocycles. The highest BCUT2D eigenvalue weighted by molar-refractivity contribution is 6.36. The Kier molecular flexibility index (Phi) is 7.65. The molecule has 0 spiro atoms. The van der Waals surface area contributed by atoms with Crippen LogP contribution in [0.25, 0.3) is 32.9 Å². The summed E-state index contributed by atoms with van der Waals surface area (Å²) in [5.74, 6) is -0.831. The van der Waals surface area contributed by atoms with Gasteiger partial charge in [-0.05, 0) is 69.0 Å². The van der Waals surface area contributed by atoms with E-state index >= 15 is 4.39 Å². The molecule has 12 heteroatoms. The van der Waals surface area contributed by atoms with E-state index in [1.165, 1.54) is 0 Å². The minimum absolute atomic E-state index is 0.0206. The lowest BCUT2D eigenvalue weighted by atomic mass is 9.85. The molecular formula is C38H40ClFN6O4. The van der Waals surface area contributed by atoms with Gasteiger partial charge >= 0.3 is 12.0 Å². The van der Waals surface area contributed by atoms with E-state index in [1.807, 2.05) is 49.1 Å². The first-order valence-electron chi connectivity index (χ1n) is 17.9. The first kappa shape index (κ1) is 31.9. The van der Waals surface area contributed by atoms with Crippen LogP contribution in [0.3, 0.4) is 0 Å². The van der Waals surface area contributed by atoms with Crippen LogP contribution in [0.2, 0.25) is 5.02 Å². The van der Waals surface area contributed by atoms with Gasteiger partial charge in [0.05, 0.1) is 10.9 Å². The first-order chi connectivity index (χ1) is 24.2. The number of anilines is 1. The van der Waals surface area contributed by atoms with Gasteiger partial charge in [-0.3, -0.25) is 19.5 Å². The Hall–Kier alpha value is -4.09. The van der Waals surface area contributed by atoms with Crippen LogP contribution < -0.4 is 9.64 Å². The van der Waals surface area contributed by atoms with Crippen molar-refractivity contribution in [1.82, 2.24) is 24.8 Å². The van der Waals surface area contributed by atoms with E-state index in [4.69, 9.17) is 31.0 Å². The summed E-state index contributed by atoms with van der Waals surface area (Å²) < 4.78 is 28.8. The Morgan fingerprint density at radius 2 is 1.80 bits per heavy atom. The molecule has 260 valence electrons. The number of fused-ring (bicyclic) bond motifs is 5. The summed E-state index contributed by atoms with van der Waals surface area (Å²) in [6.45, 7) is 7.47. The van der Waals surface area contributed by atoms with Gasteiger partial charge in [0, 0.05) is 47.3 Å². The van der Waals surface area contributed by atoms with E-state index in [2.05, 4.69) is 14.8 Å². The zero-order valence-corrected chi connectivity index (χ0v) is 29.0. The highest BCUT2D eigenvalue weighted by Crippen LogP contribution is 2.42. The molecule has 4 aromatic rings. The number of rotatable bonds is 7. The number of cyclic esters (lactones) is 1. The number of piperazine rings is 1. The monoisotopic (exact) mass is 698 g/mol. The van der Waals surface area contributed by atoms with E-state index in [1.54, 1.807) is 12.3 Å². The molecule has 1 amide bonds. The lowest BCUT2D eigenvalue weighted by Crippen LogP contribution is -2.63. The average molecular weight is 699 g/mol. The highest BCUT2D eigenvalue weighted by atomic mass is 35.5. The van der Waals surface area contributed by atoms with Gasteiger partial charge in [-0.1, -0.05) is 55.8 Å². The number of nitrogens with zero attached hydrogens (tertiary/aromatic N) is 6. The van der Waals surface area contributed by atoms with Gasteiger partial charge in [0.2, 0.25) is 0 Å². The molecule has 0 aliphatic carbocycles. The number of halogens is 2. The van der Waals surface area contributed by atoms with Crippen molar-refractivity contribution >= 4 is 51.0 Å². The molecule has 2 bridgehead atoms. The fourth-order valence-electron chi connectivity index (χ4n) is 9.40. The maximum atomic E-state index is 16.9. The molecule has 9 rings (SSSR count). The Labute approximate surface area is 294 Å². The van der Waals surface area contributed by atoms with Crippen LogP contribution in [0, 0.1) is 17.7 Å². The number of hydrogen-bond donors (Lipinski definition) is 0. The molecule has 0 saturated carbocycles. The Morgan fingerprint density at radius 1 is 1.08 bits per heavy atom. The minimum atomic E-state index is -0.735. The second-order valence-corrected chi connectivity index (χ2v) is 15.4. The van der Waals surface area contributed by atoms with E-state index in [0.29, 0.717) is 41.5 Å². The van der Waals surface area contributed by atoms with Gasteiger partial charge in [0.25, 0.3) is 5.91 Å². The van der Waals surface area contributed by atoms with Crippen molar-refractivity contribution in [2.45, 2.75) is 76.1 Å². The molecule has 2 aromatic heterocycles. The molecule has 0 radical (unpaired) electrons. The molecule has 50 heavy (non-hydrogen) atoms. The van der Waals surface area contributed by atoms with Crippen molar-refractivity contribution in [2.24, 2.45) is 11.8 Å². The zero-order valence-electron chi connectivity index (χ0n) is 28.3. The van der Waals surface area contributed by atoms with Crippen LogP contribution in [0.1, 0.15) is 52.4 Å². The summed E-state index contributed by atoms with van der Waals surface area (Å²) >= 11 is 6.65. The number of aromatic nitrogens is 3. The van der Waals surface area contributed by atoms with E-state index in [9.17, 15) is 9.59 Å². The SMILES string of the molecule is CC(C)[C@@H]1C(=O)O[C@H]1C(=O)N1[C@@H]2CC[C@H]1CN(c1nc(OCC34CCCN3CCC4)nc3c(F)c(-c4cccc5cccc(Cl)c45)ncc13)C2. The molecule has 4 atom stereocenters. The van der Waals surface area contributed by atoms with Gasteiger partial charge in [0.1, 0.15) is 29.6 Å². The molecule has 10 nitrogen and oxygen atoms in total. The van der Waals surface area contributed by atoms with Crippen molar-refractivity contribution in [3.63, 3.8) is 0 Å². The Balaban J connectivity index is 1.09. The third kappa shape index (κ3) is 4.94. The second kappa shape index (κ2) is 12.0. The van der Waals surface area contributed by atoms with Crippen LogP contribution in [-0.2, 0) is 14.3 Å². The summed E-state index contributed by atoms with van der Waals surface area (Å²) in [5, 5.41) is 2.62. The summed E-state index contributed by atoms with van der Waals surface area (Å²) in [6.07, 6.45) is 6.95. The third-order valence-corrected chi connectivity index (χ3v) is 12.2. The summed E-state index contributed by atoms with van der Waals surface area (Å²) in [7, 11) is 0. The number of carbonyl (C=O) groups excluding carboxylic acids is 2. The fourth-order valence-corrected chi connectivity index (χ4v) is 9.69. The molecular weight excluding hydrogens is 659 g/mol. The number of hydrogen-bond acceptors (Lipinski definition) is 9. The van der Waals surface area contributed by atoms with Gasteiger partial charge in [0.15, 0.2) is 11.9 Å². The van der Waals surface area contributed by atoms with Crippen LogP contribution >= 0.6 is 11.6 Å². The highest BCUT2D eigenvalue weighted by Gasteiger charge is 2.54. The average Bonchev–Trinajstić information content (AvgIpc) is 3.76. The molecule has 0 unspecified atom stereocenters. The molecule has 0 N–H and O–H groups in total. The lowest BCUT2D eigenvalue weighted by Gasteiger charge is -2.45. The van der Waals surface area contributed by atoms with Crippen LogP contribution in [-0.4, -0.2) is 93.1 Å². The van der Waals surface area contributed by atoms with Gasteiger partial charge in [-0.2, -0.15) is 9.97 Å². The van der Waals surface area contributed by atoms with Crippen LogP contribution in [0.4, 0.5) is 10.2 Å². The molecule has 5 fully saturated rings. The van der Waals surface area contributed by atoms with Gasteiger partial charge in [-0.15, -0.1) is 0 Å². The quantitative estimate of drug-likeness (QED) is 0.215. The summed E-state index contributed by atoms with van der Waals surface area (Å²) in [5.41, 5.74) is 0.846. The van der Waals surface area contributed by atoms with Crippen molar-refractivity contribution < 1.29 is 23.5 Å². The minimum Gasteiger partial charge on any atom is -0.461 e. The predicted molar refractivity (Wildman–Crippen MR) is 188 cm³/mol. The number of carbonyl (C=O) groups is 2. The first-order valence-corrected chi connectivity index (χ1v) is 18.3. The van der Waals surface area contributed by atoms with Crippen LogP contribution in [0.5, 0.6) is 6.01 Å². The predicted octanol–water partition coefficient (Wildman–Crippen LogP) is 6.02. The molecule has 5 aliphatic heterocycles. The van der Waals surface area contributed by atoms with Crippen molar-refractivity contribution in [3.05, 3.63) is 53.4 Å². The van der Waals surface area contributed by atoms with E-state index < -0.39 is 17.8 Å². The van der Waals surface area contributed by atoms with Gasteiger partial charge in [-0.25, -0.2) is 4.39 Å². The normalized spacial score (nSPS) is 25.7. The maximum absolute atomic E-state index is 16.9. The van der Waals surface area contributed by atoms with E-state index in [-0.39, 0.29) is 52.6 Å². The van der Waals surface area contributed by atoms with Crippen LogP contribution in [0.15, 0.2) is 42.6 Å². The number of benzene rings is 2. The Bertz CT molecular complexity index is 2010. The summed E-state index contributed by atoms with van der Waals surface area (Å²) in [4.78, 5) is 46.9. The van der Waals surface area contributed by atoms with Gasteiger partial charge < -0.3 is 19.3 Å². The smallest absolute Gasteiger partial charge is 0.319 e. The van der Waals surface area contributed by atoms with Crippen molar-refractivity contribution in [2.75, 3.05) is 37.7 Å². The fraction of sp³-hybridized carbons (Fsp3) is 0.500. The zero-order chi connectivity index (χ0) is 34.3. The molecule has 5 saturated heterocycles. The molecule has 2 aromatic carbocycles. The summed E-state index contributed by atoms with van der Waals surface area (Å²) in [6, 6.07) is 11.2.